The second-order valence-corrected chi connectivity index (χ2v) is 2.11. The molecular weight excluding hydrogens is 162 g/mol. The second kappa shape index (κ2) is 5.36. The molecule has 0 heterocycles. The van der Waals surface area contributed by atoms with Crippen molar-refractivity contribution < 1.29 is 14.3 Å². The van der Waals surface area contributed by atoms with E-state index >= 15 is 0 Å². The highest BCUT2D eigenvalue weighted by Crippen LogP contribution is 1.78. The third-order valence-corrected chi connectivity index (χ3v) is 1.11. The average molecular weight is 175 g/mol. The van der Waals surface area contributed by atoms with Crippen molar-refractivity contribution in [2.75, 3.05) is 13.2 Å². The Morgan fingerprint density at radius 2 is 2.17 bits per heavy atom. The first-order chi connectivity index (χ1) is 5.57. The Morgan fingerprint density at radius 1 is 1.58 bits per heavy atom. The summed E-state index contributed by atoms with van der Waals surface area (Å²) in [5, 5.41) is 2.28. The number of carbonyl (C=O) groups excluding carboxylic acids is 2. The number of rotatable bonds is 4. The zero-order valence-corrected chi connectivity index (χ0v) is 6.87. The van der Waals surface area contributed by atoms with E-state index in [0.29, 0.717) is 0 Å². The van der Waals surface area contributed by atoms with Crippen LogP contribution in [0.5, 0.6) is 0 Å². The van der Waals surface area contributed by atoms with Gasteiger partial charge in [-0.05, 0) is 6.92 Å². The van der Waals surface area contributed by atoms with Crippen molar-refractivity contribution >= 4 is 12.0 Å². The number of primary amides is 1. The van der Waals surface area contributed by atoms with Crippen LogP contribution in [-0.4, -0.2) is 31.2 Å². The van der Waals surface area contributed by atoms with E-state index in [9.17, 15) is 9.59 Å². The van der Waals surface area contributed by atoms with Gasteiger partial charge in [0.25, 0.3) is 0 Å². The lowest BCUT2D eigenvalue weighted by Gasteiger charge is -2.08. The maximum absolute atomic E-state index is 10.6. The van der Waals surface area contributed by atoms with Crippen LogP contribution in [0.4, 0.5) is 4.79 Å². The highest BCUT2D eigenvalue weighted by molar-refractivity contribution is 5.80. The fraction of sp³-hybridized carbons (Fsp3) is 0.667. The molecule has 0 bridgehead atoms. The molecule has 0 saturated heterocycles. The molecule has 0 rings (SSSR count). The SMILES string of the molecule is CCOC(=O)NC[C@H](N)C(N)=O. The van der Waals surface area contributed by atoms with Gasteiger partial charge in [-0.2, -0.15) is 0 Å². The third-order valence-electron chi connectivity index (χ3n) is 1.11. The molecule has 2 amide bonds. The van der Waals surface area contributed by atoms with Gasteiger partial charge in [0, 0.05) is 6.54 Å². The van der Waals surface area contributed by atoms with Gasteiger partial charge in [0.05, 0.1) is 6.61 Å². The first-order valence-electron chi connectivity index (χ1n) is 3.53. The lowest BCUT2D eigenvalue weighted by atomic mass is 10.3. The summed E-state index contributed by atoms with van der Waals surface area (Å²) in [6, 6.07) is -0.866. The van der Waals surface area contributed by atoms with Crippen molar-refractivity contribution in [2.45, 2.75) is 13.0 Å². The zero-order chi connectivity index (χ0) is 9.56. The third kappa shape index (κ3) is 4.51. The summed E-state index contributed by atoms with van der Waals surface area (Å²) >= 11 is 0. The van der Waals surface area contributed by atoms with Crippen molar-refractivity contribution in [3.05, 3.63) is 0 Å². The number of ether oxygens (including phenoxy) is 1. The van der Waals surface area contributed by atoms with Crippen LogP contribution < -0.4 is 16.8 Å². The number of carbonyl (C=O) groups is 2. The fourth-order valence-corrected chi connectivity index (χ4v) is 0.476. The van der Waals surface area contributed by atoms with Gasteiger partial charge < -0.3 is 21.5 Å². The monoisotopic (exact) mass is 175 g/mol. The predicted octanol–water partition coefficient (Wildman–Crippen LogP) is -1.45. The molecule has 0 unspecified atom stereocenters. The number of hydrogen-bond donors (Lipinski definition) is 3. The highest BCUT2D eigenvalue weighted by Gasteiger charge is 2.10. The summed E-state index contributed by atoms with van der Waals surface area (Å²) in [5.41, 5.74) is 10.1. The summed E-state index contributed by atoms with van der Waals surface area (Å²) in [5.74, 6) is -0.660. The van der Waals surface area contributed by atoms with Crippen molar-refractivity contribution in [3.63, 3.8) is 0 Å². The fourth-order valence-electron chi connectivity index (χ4n) is 0.476. The van der Waals surface area contributed by atoms with Gasteiger partial charge in [0.1, 0.15) is 6.04 Å². The molecule has 0 aliphatic carbocycles. The first-order valence-corrected chi connectivity index (χ1v) is 3.53. The van der Waals surface area contributed by atoms with E-state index in [2.05, 4.69) is 10.1 Å². The molecule has 0 aromatic heterocycles. The molecule has 0 aromatic rings. The standard InChI is InChI=1S/C6H13N3O3/c1-2-12-6(11)9-3-4(7)5(8)10/h4H,2-3,7H2,1H3,(H2,8,10)(H,9,11)/t4-/m0/s1. The van der Waals surface area contributed by atoms with E-state index in [-0.39, 0.29) is 13.2 Å². The summed E-state index contributed by atoms with van der Waals surface area (Å²) in [7, 11) is 0. The van der Waals surface area contributed by atoms with Gasteiger partial charge in [0.15, 0.2) is 0 Å². The maximum Gasteiger partial charge on any atom is 0.407 e. The minimum absolute atomic E-state index is 0.00579. The summed E-state index contributed by atoms with van der Waals surface area (Å²) in [6.45, 7) is 1.94. The average Bonchev–Trinajstić information content (AvgIpc) is 2.00. The van der Waals surface area contributed by atoms with Crippen LogP contribution in [-0.2, 0) is 9.53 Å². The first kappa shape index (κ1) is 10.7. The Kier molecular flexibility index (Phi) is 4.78. The lowest BCUT2D eigenvalue weighted by molar-refractivity contribution is -0.119. The van der Waals surface area contributed by atoms with E-state index in [1.54, 1.807) is 6.92 Å². The van der Waals surface area contributed by atoms with Crippen molar-refractivity contribution in [1.82, 2.24) is 5.32 Å². The molecule has 0 aliphatic heterocycles. The number of nitrogens with one attached hydrogen (secondary N) is 1. The molecule has 0 aromatic carbocycles. The summed E-state index contributed by atoms with van der Waals surface area (Å²) in [6.07, 6.45) is -0.603. The Hall–Kier alpha value is -1.30. The second-order valence-electron chi connectivity index (χ2n) is 2.11. The molecule has 6 nitrogen and oxygen atoms in total. The van der Waals surface area contributed by atoms with Gasteiger partial charge >= 0.3 is 6.09 Å². The minimum atomic E-state index is -0.866. The molecule has 0 saturated carbocycles. The van der Waals surface area contributed by atoms with Crippen LogP contribution in [0.1, 0.15) is 6.92 Å². The van der Waals surface area contributed by atoms with Gasteiger partial charge in [-0.1, -0.05) is 0 Å². The molecule has 6 heteroatoms. The largest absolute Gasteiger partial charge is 0.450 e. The maximum atomic E-state index is 10.6. The van der Waals surface area contributed by atoms with E-state index in [1.165, 1.54) is 0 Å². The molecule has 70 valence electrons. The number of hydrogen-bond acceptors (Lipinski definition) is 4. The van der Waals surface area contributed by atoms with E-state index in [1.807, 2.05) is 0 Å². The van der Waals surface area contributed by atoms with E-state index in [0.717, 1.165) is 0 Å². The van der Waals surface area contributed by atoms with E-state index in [4.69, 9.17) is 11.5 Å². The molecule has 1 atom stereocenters. The Bertz CT molecular complexity index is 171. The predicted molar refractivity (Wildman–Crippen MR) is 42.2 cm³/mol. The quantitative estimate of drug-likeness (QED) is 0.485. The zero-order valence-electron chi connectivity index (χ0n) is 6.87. The molecule has 0 aliphatic rings. The lowest BCUT2D eigenvalue weighted by Crippen LogP contribution is -2.45. The Balaban J connectivity index is 3.54. The number of alkyl carbamates (subject to hydrolysis) is 1. The minimum Gasteiger partial charge on any atom is -0.450 e. The number of amides is 2. The Labute approximate surface area is 70.2 Å². The Morgan fingerprint density at radius 3 is 2.58 bits per heavy atom. The van der Waals surface area contributed by atoms with Crippen molar-refractivity contribution in [3.8, 4) is 0 Å². The topological polar surface area (TPSA) is 107 Å². The molecule has 5 N–H and O–H groups in total. The molecule has 0 fully saturated rings. The van der Waals surface area contributed by atoms with Crippen molar-refractivity contribution in [2.24, 2.45) is 11.5 Å². The smallest absolute Gasteiger partial charge is 0.407 e. The molecule has 0 radical (unpaired) electrons. The van der Waals surface area contributed by atoms with Crippen molar-refractivity contribution in [1.29, 1.82) is 0 Å². The number of nitrogens with two attached hydrogens (primary N) is 2. The van der Waals surface area contributed by atoms with Crippen LogP contribution in [0, 0.1) is 0 Å². The normalized spacial score (nSPS) is 11.8. The van der Waals surface area contributed by atoms with Gasteiger partial charge in [-0.25, -0.2) is 4.79 Å². The van der Waals surface area contributed by atoms with Crippen LogP contribution in [0.25, 0.3) is 0 Å². The summed E-state index contributed by atoms with van der Waals surface area (Å²) in [4.78, 5) is 21.0. The van der Waals surface area contributed by atoms with Crippen LogP contribution in [0.3, 0.4) is 0 Å². The van der Waals surface area contributed by atoms with Crippen LogP contribution in [0.2, 0.25) is 0 Å². The molecule has 12 heavy (non-hydrogen) atoms. The van der Waals surface area contributed by atoms with E-state index < -0.39 is 18.0 Å². The molecular formula is C6H13N3O3. The highest BCUT2D eigenvalue weighted by atomic mass is 16.5. The van der Waals surface area contributed by atoms with Crippen LogP contribution in [0.15, 0.2) is 0 Å². The van der Waals surface area contributed by atoms with Gasteiger partial charge in [0.2, 0.25) is 5.91 Å². The van der Waals surface area contributed by atoms with Crippen LogP contribution >= 0.6 is 0 Å². The summed E-state index contributed by atoms with van der Waals surface area (Å²) < 4.78 is 4.51. The molecule has 0 spiro atoms. The van der Waals surface area contributed by atoms with Gasteiger partial charge in [-0.3, -0.25) is 4.79 Å². The van der Waals surface area contributed by atoms with Gasteiger partial charge in [-0.15, -0.1) is 0 Å².